The van der Waals surface area contributed by atoms with E-state index in [0.717, 1.165) is 21.2 Å². The van der Waals surface area contributed by atoms with E-state index in [1.165, 1.54) is 0 Å². The molecule has 5 heteroatoms. The van der Waals surface area contributed by atoms with Crippen molar-refractivity contribution in [3.8, 4) is 0 Å². The zero-order valence-corrected chi connectivity index (χ0v) is 15.8. The summed E-state index contributed by atoms with van der Waals surface area (Å²) >= 11 is 1.72. The van der Waals surface area contributed by atoms with Crippen LogP contribution in [0.2, 0.25) is 0 Å². The van der Waals surface area contributed by atoms with Gasteiger partial charge in [-0.1, -0.05) is 36.0 Å². The van der Waals surface area contributed by atoms with Crippen molar-refractivity contribution in [2.45, 2.75) is 42.5 Å². The summed E-state index contributed by atoms with van der Waals surface area (Å²) in [5.74, 6) is 0.127. The quantitative estimate of drug-likeness (QED) is 0.832. The van der Waals surface area contributed by atoms with Crippen molar-refractivity contribution in [3.05, 3.63) is 48.5 Å². The summed E-state index contributed by atoms with van der Waals surface area (Å²) in [6.07, 6.45) is 0.477. The molecule has 2 aromatic rings. The molecule has 3 nitrogen and oxygen atoms in total. The summed E-state index contributed by atoms with van der Waals surface area (Å²) in [6, 6.07) is 16.2. The van der Waals surface area contributed by atoms with Crippen LogP contribution in [0.1, 0.15) is 27.2 Å². The van der Waals surface area contributed by atoms with Crippen LogP contribution in [-0.4, -0.2) is 18.0 Å². The van der Waals surface area contributed by atoms with E-state index in [0.29, 0.717) is 13.0 Å². The van der Waals surface area contributed by atoms with E-state index in [2.05, 4.69) is 38.2 Å². The molecule has 1 aliphatic rings. The third-order valence-corrected chi connectivity index (χ3v) is 4.81. The second-order valence-corrected chi connectivity index (χ2v) is 7.78. The number of fused-ring (bicyclic) bond motifs is 2. The van der Waals surface area contributed by atoms with Gasteiger partial charge >= 0.3 is 0 Å². The molecule has 0 radical (unpaired) electrons. The number of benzene rings is 2. The number of rotatable bonds is 3. The van der Waals surface area contributed by atoms with Crippen LogP contribution in [0.25, 0.3) is 0 Å². The van der Waals surface area contributed by atoms with Crippen molar-refractivity contribution in [1.29, 1.82) is 0 Å². The van der Waals surface area contributed by atoms with Crippen molar-refractivity contribution in [2.24, 2.45) is 0 Å². The molecular formula is C19H23ClN2OS. The van der Waals surface area contributed by atoms with Gasteiger partial charge < -0.3 is 5.32 Å². The highest BCUT2D eigenvalue weighted by atomic mass is 35.5. The van der Waals surface area contributed by atoms with Gasteiger partial charge in [-0.2, -0.15) is 0 Å². The largest absolute Gasteiger partial charge is 0.312 e. The van der Waals surface area contributed by atoms with Gasteiger partial charge in [-0.05, 0) is 45.0 Å². The molecule has 0 fully saturated rings. The fourth-order valence-corrected chi connectivity index (χ4v) is 3.69. The van der Waals surface area contributed by atoms with Gasteiger partial charge in [-0.3, -0.25) is 9.69 Å². The maximum absolute atomic E-state index is 12.9. The van der Waals surface area contributed by atoms with Gasteiger partial charge in [0, 0.05) is 28.3 Å². The molecule has 0 atom stereocenters. The minimum atomic E-state index is 0. The molecule has 1 heterocycles. The first-order valence-corrected chi connectivity index (χ1v) is 8.71. The number of hydrogen-bond acceptors (Lipinski definition) is 3. The number of carbonyl (C=O) groups excluding carboxylic acids is 1. The van der Waals surface area contributed by atoms with Crippen LogP contribution in [0, 0.1) is 0 Å². The van der Waals surface area contributed by atoms with Crippen LogP contribution in [0.5, 0.6) is 0 Å². The monoisotopic (exact) mass is 362 g/mol. The van der Waals surface area contributed by atoms with Crippen LogP contribution in [0.3, 0.4) is 0 Å². The highest BCUT2D eigenvalue weighted by molar-refractivity contribution is 7.99. The number of amides is 1. The molecule has 0 unspecified atom stereocenters. The zero-order chi connectivity index (χ0) is 16.4. The number of halogens is 1. The Labute approximate surface area is 154 Å². The second kappa shape index (κ2) is 7.60. The van der Waals surface area contributed by atoms with Crippen molar-refractivity contribution in [3.63, 3.8) is 0 Å². The Morgan fingerprint density at radius 2 is 1.50 bits per heavy atom. The molecule has 1 aliphatic heterocycles. The average Bonchev–Trinajstić information content (AvgIpc) is 2.51. The maximum Gasteiger partial charge on any atom is 0.232 e. The number of nitrogens with zero attached hydrogens (tertiary/aromatic N) is 1. The van der Waals surface area contributed by atoms with Gasteiger partial charge in [0.05, 0.1) is 11.4 Å². The smallest absolute Gasteiger partial charge is 0.232 e. The van der Waals surface area contributed by atoms with Crippen LogP contribution >= 0.6 is 24.2 Å². The average molecular weight is 363 g/mol. The van der Waals surface area contributed by atoms with E-state index >= 15 is 0 Å². The van der Waals surface area contributed by atoms with Gasteiger partial charge in [-0.15, -0.1) is 12.4 Å². The number of anilines is 2. The SMILES string of the molecule is CC(C)(C)NCCC(=O)N1c2ccccc2Sc2ccccc21.Cl. The van der Waals surface area contributed by atoms with E-state index in [1.54, 1.807) is 11.8 Å². The molecule has 0 spiro atoms. The predicted octanol–water partition coefficient (Wildman–Crippen LogP) is 5.02. The topological polar surface area (TPSA) is 32.3 Å². The molecule has 3 rings (SSSR count). The Morgan fingerprint density at radius 3 is 2.00 bits per heavy atom. The van der Waals surface area contributed by atoms with E-state index in [4.69, 9.17) is 0 Å². The maximum atomic E-state index is 12.9. The lowest BCUT2D eigenvalue weighted by Crippen LogP contribution is -2.39. The molecule has 0 bridgehead atoms. The lowest BCUT2D eigenvalue weighted by molar-refractivity contribution is -0.117. The van der Waals surface area contributed by atoms with Crippen molar-refractivity contribution < 1.29 is 4.79 Å². The Bertz CT molecular complexity index is 682. The first kappa shape index (κ1) is 18.8. The van der Waals surface area contributed by atoms with Crippen LogP contribution in [0.15, 0.2) is 58.3 Å². The summed E-state index contributed by atoms with van der Waals surface area (Å²) in [5.41, 5.74) is 1.99. The minimum absolute atomic E-state index is 0. The van der Waals surface area contributed by atoms with E-state index in [1.807, 2.05) is 41.3 Å². The highest BCUT2D eigenvalue weighted by Crippen LogP contribution is 2.47. The lowest BCUT2D eigenvalue weighted by Gasteiger charge is -2.31. The van der Waals surface area contributed by atoms with E-state index < -0.39 is 0 Å². The standard InChI is InChI=1S/C19H22N2OS.ClH/c1-19(2,3)20-13-12-18(22)21-14-8-4-6-10-16(14)23-17-11-7-5-9-15(17)21;/h4-11,20H,12-13H2,1-3H3;1H. The Morgan fingerprint density at radius 1 is 1.00 bits per heavy atom. The molecule has 1 N–H and O–H groups in total. The first-order chi connectivity index (χ1) is 11.0. The van der Waals surface area contributed by atoms with Crippen molar-refractivity contribution in [2.75, 3.05) is 11.4 Å². The fraction of sp³-hybridized carbons (Fsp3) is 0.316. The number of carbonyl (C=O) groups is 1. The van der Waals surface area contributed by atoms with Crippen molar-refractivity contribution in [1.82, 2.24) is 5.32 Å². The van der Waals surface area contributed by atoms with Crippen LogP contribution < -0.4 is 10.2 Å². The van der Waals surface area contributed by atoms with Gasteiger partial charge in [-0.25, -0.2) is 0 Å². The summed E-state index contributed by atoms with van der Waals surface area (Å²) in [7, 11) is 0. The van der Waals surface area contributed by atoms with E-state index in [-0.39, 0.29) is 23.9 Å². The lowest BCUT2D eigenvalue weighted by atomic mass is 10.1. The van der Waals surface area contributed by atoms with Crippen LogP contribution in [-0.2, 0) is 4.79 Å². The summed E-state index contributed by atoms with van der Waals surface area (Å²) in [5, 5.41) is 3.39. The molecule has 0 aliphatic carbocycles. The Balaban J connectivity index is 0.00000208. The van der Waals surface area contributed by atoms with Crippen LogP contribution in [0.4, 0.5) is 11.4 Å². The molecule has 128 valence electrons. The van der Waals surface area contributed by atoms with E-state index in [9.17, 15) is 4.79 Å². The van der Waals surface area contributed by atoms with Crippen molar-refractivity contribution >= 4 is 41.5 Å². The Kier molecular flexibility index (Phi) is 5.97. The molecular weight excluding hydrogens is 340 g/mol. The third kappa shape index (κ3) is 4.12. The van der Waals surface area contributed by atoms with Gasteiger partial charge in [0.15, 0.2) is 0 Å². The minimum Gasteiger partial charge on any atom is -0.312 e. The summed E-state index contributed by atoms with van der Waals surface area (Å²) < 4.78 is 0. The molecule has 0 aromatic heterocycles. The molecule has 0 saturated heterocycles. The molecule has 2 aromatic carbocycles. The first-order valence-electron chi connectivity index (χ1n) is 7.90. The number of hydrogen-bond donors (Lipinski definition) is 1. The number of para-hydroxylation sites is 2. The Hall–Kier alpha value is -1.49. The molecule has 24 heavy (non-hydrogen) atoms. The summed E-state index contributed by atoms with van der Waals surface area (Å²) in [4.78, 5) is 17.0. The zero-order valence-electron chi connectivity index (χ0n) is 14.2. The third-order valence-electron chi connectivity index (χ3n) is 3.68. The van der Waals surface area contributed by atoms with Gasteiger partial charge in [0.25, 0.3) is 0 Å². The highest BCUT2D eigenvalue weighted by Gasteiger charge is 2.27. The second-order valence-electron chi connectivity index (χ2n) is 6.69. The predicted molar refractivity (Wildman–Crippen MR) is 104 cm³/mol. The normalized spacial score (nSPS) is 12.9. The van der Waals surface area contributed by atoms with Gasteiger partial charge in [0.2, 0.25) is 5.91 Å². The summed E-state index contributed by atoms with van der Waals surface area (Å²) in [6.45, 7) is 7.01. The molecule has 1 amide bonds. The molecule has 0 saturated carbocycles. The fourth-order valence-electron chi connectivity index (χ4n) is 2.63. The number of nitrogens with one attached hydrogen (secondary N) is 1. The van der Waals surface area contributed by atoms with Gasteiger partial charge in [0.1, 0.15) is 0 Å².